The van der Waals surface area contributed by atoms with E-state index in [1.54, 1.807) is 18.2 Å². The summed E-state index contributed by atoms with van der Waals surface area (Å²) in [4.78, 5) is 24.6. The first-order valence-corrected chi connectivity index (χ1v) is 8.83. The summed E-state index contributed by atoms with van der Waals surface area (Å²) >= 11 is 0. The summed E-state index contributed by atoms with van der Waals surface area (Å²) in [5.74, 6) is -0.304. The van der Waals surface area contributed by atoms with E-state index in [2.05, 4.69) is 12.2 Å². The molecule has 0 aromatic heterocycles. The van der Waals surface area contributed by atoms with E-state index in [-0.39, 0.29) is 29.9 Å². The molecule has 1 N–H and O–H groups in total. The lowest BCUT2D eigenvalue weighted by atomic mass is 10.0. The van der Waals surface area contributed by atoms with Crippen LogP contribution in [0.1, 0.15) is 41.7 Å². The van der Waals surface area contributed by atoms with Crippen LogP contribution < -0.4 is 14.8 Å². The van der Waals surface area contributed by atoms with Crippen LogP contribution in [0.25, 0.3) is 0 Å². The van der Waals surface area contributed by atoms with Crippen LogP contribution in [0.3, 0.4) is 0 Å². The summed E-state index contributed by atoms with van der Waals surface area (Å²) in [6, 6.07) is 14.5. The van der Waals surface area contributed by atoms with Crippen molar-refractivity contribution in [3.8, 4) is 11.5 Å². The number of amides is 1. The summed E-state index contributed by atoms with van der Waals surface area (Å²) in [5.41, 5.74) is 1.23. The largest absolute Gasteiger partial charge is 0.493 e. The van der Waals surface area contributed by atoms with E-state index in [1.165, 1.54) is 14.2 Å². The molecule has 144 valence electrons. The van der Waals surface area contributed by atoms with Crippen LogP contribution in [0, 0.1) is 0 Å². The number of hydrogen-bond acceptors (Lipinski definition) is 5. The van der Waals surface area contributed by atoms with Gasteiger partial charge in [-0.1, -0.05) is 49.7 Å². The van der Waals surface area contributed by atoms with Crippen molar-refractivity contribution in [1.82, 2.24) is 5.32 Å². The third-order valence-electron chi connectivity index (χ3n) is 4.07. The predicted octanol–water partition coefficient (Wildman–Crippen LogP) is 3.52. The normalized spacial score (nSPS) is 11.4. The lowest BCUT2D eigenvalue weighted by Crippen LogP contribution is -2.32. The smallest absolute Gasteiger partial charge is 0.342 e. The van der Waals surface area contributed by atoms with E-state index < -0.39 is 5.97 Å². The van der Waals surface area contributed by atoms with Crippen molar-refractivity contribution in [2.45, 2.75) is 25.8 Å². The zero-order valence-corrected chi connectivity index (χ0v) is 15.9. The van der Waals surface area contributed by atoms with Crippen LogP contribution in [-0.4, -0.2) is 32.7 Å². The van der Waals surface area contributed by atoms with E-state index in [0.29, 0.717) is 5.75 Å². The molecule has 0 saturated heterocycles. The zero-order chi connectivity index (χ0) is 19.6. The van der Waals surface area contributed by atoms with Gasteiger partial charge in [0.25, 0.3) is 5.91 Å². The molecule has 1 atom stereocenters. The molecule has 6 nitrogen and oxygen atoms in total. The summed E-state index contributed by atoms with van der Waals surface area (Å²) in [6.45, 7) is 1.68. The third kappa shape index (κ3) is 5.48. The average molecular weight is 371 g/mol. The molecule has 0 aliphatic heterocycles. The highest BCUT2D eigenvalue weighted by Crippen LogP contribution is 2.31. The Labute approximate surface area is 159 Å². The number of methoxy groups -OCH3 is 2. The van der Waals surface area contributed by atoms with Crippen LogP contribution in [0.15, 0.2) is 48.5 Å². The second-order valence-corrected chi connectivity index (χ2v) is 5.94. The van der Waals surface area contributed by atoms with Gasteiger partial charge in [0.1, 0.15) is 5.56 Å². The molecule has 0 heterocycles. The summed E-state index contributed by atoms with van der Waals surface area (Å²) in [7, 11) is 2.93. The Bertz CT molecular complexity index is 760. The summed E-state index contributed by atoms with van der Waals surface area (Å²) in [6.07, 6.45) is 1.72. The van der Waals surface area contributed by atoms with Gasteiger partial charge in [0.15, 0.2) is 18.1 Å². The SMILES string of the molecule is CCC[C@H](NC(=O)COC(=O)c1cccc(OC)c1OC)c1ccccc1. The topological polar surface area (TPSA) is 73.9 Å². The van der Waals surface area contributed by atoms with Crippen molar-refractivity contribution >= 4 is 11.9 Å². The number of nitrogens with one attached hydrogen (secondary N) is 1. The number of para-hydroxylation sites is 1. The third-order valence-corrected chi connectivity index (χ3v) is 4.07. The number of hydrogen-bond donors (Lipinski definition) is 1. The number of benzene rings is 2. The van der Waals surface area contributed by atoms with Crippen molar-refractivity contribution in [3.63, 3.8) is 0 Å². The Balaban J connectivity index is 1.99. The minimum Gasteiger partial charge on any atom is -0.493 e. The Kier molecular flexibility index (Phi) is 7.67. The van der Waals surface area contributed by atoms with Gasteiger partial charge in [-0.3, -0.25) is 4.79 Å². The molecule has 0 bridgehead atoms. The van der Waals surface area contributed by atoms with Crippen LogP contribution >= 0.6 is 0 Å². The molecule has 2 aromatic carbocycles. The maximum Gasteiger partial charge on any atom is 0.342 e. The molecule has 0 spiro atoms. The summed E-state index contributed by atoms with van der Waals surface area (Å²) in [5, 5.41) is 2.92. The van der Waals surface area contributed by atoms with Gasteiger partial charge in [0.2, 0.25) is 0 Å². The molecular formula is C21H25NO5. The van der Waals surface area contributed by atoms with Gasteiger partial charge in [-0.05, 0) is 24.1 Å². The van der Waals surface area contributed by atoms with Gasteiger partial charge in [-0.2, -0.15) is 0 Å². The fourth-order valence-electron chi connectivity index (χ4n) is 2.79. The van der Waals surface area contributed by atoms with Crippen molar-refractivity contribution in [2.24, 2.45) is 0 Å². The maximum atomic E-state index is 12.3. The molecule has 0 aliphatic carbocycles. The molecule has 2 rings (SSSR count). The van der Waals surface area contributed by atoms with Crippen molar-refractivity contribution in [1.29, 1.82) is 0 Å². The molecule has 27 heavy (non-hydrogen) atoms. The lowest BCUT2D eigenvalue weighted by Gasteiger charge is -2.18. The fourth-order valence-corrected chi connectivity index (χ4v) is 2.79. The van der Waals surface area contributed by atoms with Gasteiger partial charge < -0.3 is 19.5 Å². The zero-order valence-electron chi connectivity index (χ0n) is 15.9. The van der Waals surface area contributed by atoms with Gasteiger partial charge in [0.05, 0.1) is 20.3 Å². The Morgan fingerprint density at radius 3 is 2.37 bits per heavy atom. The number of carbonyl (C=O) groups excluding carboxylic acids is 2. The van der Waals surface area contributed by atoms with Crippen LogP contribution in [-0.2, 0) is 9.53 Å². The highest BCUT2D eigenvalue weighted by molar-refractivity contribution is 5.95. The van der Waals surface area contributed by atoms with Crippen LogP contribution in [0.2, 0.25) is 0 Å². The van der Waals surface area contributed by atoms with Crippen molar-refractivity contribution < 1.29 is 23.8 Å². The van der Waals surface area contributed by atoms with E-state index in [1.807, 2.05) is 30.3 Å². The number of rotatable bonds is 9. The second-order valence-electron chi connectivity index (χ2n) is 5.94. The standard InChI is InChI=1S/C21H25NO5/c1-4-9-17(15-10-6-5-7-11-15)22-19(23)14-27-21(24)16-12-8-13-18(25-2)20(16)26-3/h5-8,10-13,17H,4,9,14H2,1-3H3,(H,22,23)/t17-/m0/s1. The molecular weight excluding hydrogens is 346 g/mol. The molecule has 0 aliphatic rings. The van der Waals surface area contributed by atoms with Crippen molar-refractivity contribution in [2.75, 3.05) is 20.8 Å². The highest BCUT2D eigenvalue weighted by atomic mass is 16.5. The molecule has 0 radical (unpaired) electrons. The first-order valence-electron chi connectivity index (χ1n) is 8.83. The minimum atomic E-state index is -0.646. The Morgan fingerprint density at radius 2 is 1.74 bits per heavy atom. The molecule has 0 saturated carbocycles. The molecule has 0 fully saturated rings. The monoisotopic (exact) mass is 371 g/mol. The Hall–Kier alpha value is -3.02. The van der Waals surface area contributed by atoms with E-state index >= 15 is 0 Å². The lowest BCUT2D eigenvalue weighted by molar-refractivity contribution is -0.125. The molecule has 0 unspecified atom stereocenters. The Morgan fingerprint density at radius 1 is 1.00 bits per heavy atom. The molecule has 1 amide bonds. The van der Waals surface area contributed by atoms with E-state index in [0.717, 1.165) is 18.4 Å². The first kappa shape index (κ1) is 20.3. The van der Waals surface area contributed by atoms with Crippen LogP contribution in [0.5, 0.6) is 11.5 Å². The highest BCUT2D eigenvalue weighted by Gasteiger charge is 2.20. The van der Waals surface area contributed by atoms with Gasteiger partial charge in [-0.15, -0.1) is 0 Å². The summed E-state index contributed by atoms with van der Waals surface area (Å²) < 4.78 is 15.6. The number of ether oxygens (including phenoxy) is 3. The second kappa shape index (κ2) is 10.2. The first-order chi connectivity index (χ1) is 13.1. The van der Waals surface area contributed by atoms with E-state index in [4.69, 9.17) is 14.2 Å². The molecule has 2 aromatic rings. The minimum absolute atomic E-state index is 0.117. The molecule has 6 heteroatoms. The number of esters is 1. The van der Waals surface area contributed by atoms with Crippen LogP contribution in [0.4, 0.5) is 0 Å². The maximum absolute atomic E-state index is 12.3. The number of carbonyl (C=O) groups is 2. The van der Waals surface area contributed by atoms with Crippen molar-refractivity contribution in [3.05, 3.63) is 59.7 Å². The van der Waals surface area contributed by atoms with Gasteiger partial charge in [0, 0.05) is 0 Å². The quantitative estimate of drug-likeness (QED) is 0.683. The van der Waals surface area contributed by atoms with Gasteiger partial charge >= 0.3 is 5.97 Å². The average Bonchev–Trinajstić information content (AvgIpc) is 2.71. The predicted molar refractivity (Wildman–Crippen MR) is 102 cm³/mol. The van der Waals surface area contributed by atoms with E-state index in [9.17, 15) is 9.59 Å². The fraction of sp³-hybridized carbons (Fsp3) is 0.333. The van der Waals surface area contributed by atoms with Gasteiger partial charge in [-0.25, -0.2) is 4.79 Å².